The summed E-state index contributed by atoms with van der Waals surface area (Å²) >= 11 is 0. The molecule has 0 spiro atoms. The number of hydrogen-bond donors (Lipinski definition) is 1. The quantitative estimate of drug-likeness (QED) is 0.766. The fourth-order valence-electron chi connectivity index (χ4n) is 2.05. The van der Waals surface area contributed by atoms with E-state index in [1.54, 1.807) is 0 Å². The molecule has 1 atom stereocenters. The van der Waals surface area contributed by atoms with Gasteiger partial charge in [-0.25, -0.2) is 0 Å². The minimum absolute atomic E-state index is 0.0132. The molecular weight excluding hydrogens is 194 g/mol. The summed E-state index contributed by atoms with van der Waals surface area (Å²) in [6.45, 7) is 8.40. The van der Waals surface area contributed by atoms with Crippen LogP contribution in [0.3, 0.4) is 0 Å². The largest absolute Gasteiger partial charge is 0.325 e. The van der Waals surface area contributed by atoms with Gasteiger partial charge in [0.25, 0.3) is 5.97 Å². The van der Waals surface area contributed by atoms with Crippen molar-refractivity contribution >= 4 is 0 Å². The van der Waals surface area contributed by atoms with E-state index in [4.69, 9.17) is 19.9 Å². The van der Waals surface area contributed by atoms with Crippen LogP contribution >= 0.6 is 0 Å². The average Bonchev–Trinajstić information content (AvgIpc) is 2.18. The molecule has 0 saturated carbocycles. The summed E-state index contributed by atoms with van der Waals surface area (Å²) in [6, 6.07) is -0.206. The van der Waals surface area contributed by atoms with Crippen LogP contribution in [0.1, 0.15) is 27.2 Å². The van der Waals surface area contributed by atoms with Crippen molar-refractivity contribution in [2.45, 2.75) is 39.2 Å². The van der Waals surface area contributed by atoms with Gasteiger partial charge in [0.2, 0.25) is 0 Å². The molecule has 2 bridgehead atoms. The van der Waals surface area contributed by atoms with E-state index in [1.807, 2.05) is 0 Å². The lowest BCUT2D eigenvalue weighted by molar-refractivity contribution is -0.472. The van der Waals surface area contributed by atoms with Crippen LogP contribution in [0.15, 0.2) is 0 Å². The molecule has 0 aromatic heterocycles. The van der Waals surface area contributed by atoms with Crippen molar-refractivity contribution in [2.24, 2.45) is 17.1 Å². The Bertz CT molecular complexity index is 217. The molecule has 15 heavy (non-hydrogen) atoms. The Morgan fingerprint density at radius 2 is 1.60 bits per heavy atom. The molecule has 88 valence electrons. The monoisotopic (exact) mass is 215 g/mol. The molecule has 0 radical (unpaired) electrons. The molecule has 3 aliphatic rings. The van der Waals surface area contributed by atoms with E-state index in [0.717, 1.165) is 6.42 Å². The molecule has 3 fully saturated rings. The highest BCUT2D eigenvalue weighted by Crippen LogP contribution is 2.40. The van der Waals surface area contributed by atoms with Crippen LogP contribution < -0.4 is 5.73 Å². The van der Waals surface area contributed by atoms with Crippen molar-refractivity contribution in [1.82, 2.24) is 0 Å². The van der Waals surface area contributed by atoms with Gasteiger partial charge in [-0.2, -0.15) is 0 Å². The second kappa shape index (κ2) is 3.70. The second-order valence-electron chi connectivity index (χ2n) is 5.52. The van der Waals surface area contributed by atoms with Crippen LogP contribution in [0.5, 0.6) is 0 Å². The molecule has 4 nitrogen and oxygen atoms in total. The highest BCUT2D eigenvalue weighted by atomic mass is 16.9. The Labute approximate surface area is 91.1 Å². The number of nitrogens with two attached hydrogens (primary N) is 1. The molecule has 0 aromatic rings. The van der Waals surface area contributed by atoms with Crippen LogP contribution in [0.2, 0.25) is 0 Å². The first kappa shape index (κ1) is 11.3. The van der Waals surface area contributed by atoms with Gasteiger partial charge in [-0.15, -0.1) is 0 Å². The summed E-state index contributed by atoms with van der Waals surface area (Å²) in [5.74, 6) is -0.456. The van der Waals surface area contributed by atoms with E-state index < -0.39 is 5.97 Å². The topological polar surface area (TPSA) is 53.7 Å². The third-order valence-electron chi connectivity index (χ3n) is 3.04. The molecule has 1 unspecified atom stereocenters. The highest BCUT2D eigenvalue weighted by molar-refractivity contribution is 4.89. The number of hydrogen-bond acceptors (Lipinski definition) is 4. The Kier molecular flexibility index (Phi) is 2.79. The summed E-state index contributed by atoms with van der Waals surface area (Å²) < 4.78 is 17.0. The van der Waals surface area contributed by atoms with E-state index in [0.29, 0.717) is 25.7 Å². The molecule has 0 amide bonds. The van der Waals surface area contributed by atoms with Crippen LogP contribution in [0, 0.1) is 11.3 Å². The van der Waals surface area contributed by atoms with Gasteiger partial charge in [-0.1, -0.05) is 20.8 Å². The molecule has 3 saturated heterocycles. The first-order valence-electron chi connectivity index (χ1n) is 5.63. The minimum atomic E-state index is -0.970. The van der Waals surface area contributed by atoms with E-state index in [9.17, 15) is 0 Å². The molecule has 3 aliphatic heterocycles. The molecular formula is C11H21NO3. The zero-order chi connectivity index (χ0) is 11.1. The van der Waals surface area contributed by atoms with Gasteiger partial charge in [-0.05, 0) is 12.3 Å². The van der Waals surface area contributed by atoms with Gasteiger partial charge in [0, 0.05) is 5.41 Å². The van der Waals surface area contributed by atoms with E-state index in [1.165, 1.54) is 0 Å². The zero-order valence-electron chi connectivity index (χ0n) is 9.79. The number of ether oxygens (including phenoxy) is 3. The van der Waals surface area contributed by atoms with Crippen LogP contribution in [0.4, 0.5) is 0 Å². The lowest BCUT2D eigenvalue weighted by Gasteiger charge is -2.52. The second-order valence-corrected chi connectivity index (χ2v) is 5.52. The van der Waals surface area contributed by atoms with Crippen molar-refractivity contribution in [2.75, 3.05) is 19.8 Å². The molecule has 2 N–H and O–H groups in total. The average molecular weight is 215 g/mol. The third-order valence-corrected chi connectivity index (χ3v) is 3.04. The zero-order valence-corrected chi connectivity index (χ0v) is 9.79. The summed E-state index contributed by atoms with van der Waals surface area (Å²) in [4.78, 5) is 0. The first-order chi connectivity index (χ1) is 6.96. The Morgan fingerprint density at radius 1 is 1.13 bits per heavy atom. The molecule has 3 heterocycles. The van der Waals surface area contributed by atoms with Crippen molar-refractivity contribution in [3.05, 3.63) is 0 Å². The Balaban J connectivity index is 2.02. The van der Waals surface area contributed by atoms with Crippen molar-refractivity contribution < 1.29 is 14.2 Å². The lowest BCUT2D eigenvalue weighted by Crippen LogP contribution is -2.66. The standard InChI is InChI=1S/C11H21NO3/c1-8(2)4-9(12)11-13-5-10(3,6-14-11)7-15-11/h8-9H,4-7,12H2,1-3H3. The fourth-order valence-corrected chi connectivity index (χ4v) is 2.05. The predicted octanol–water partition coefficient (Wildman–Crippen LogP) is 1.10. The lowest BCUT2D eigenvalue weighted by atomic mass is 9.90. The van der Waals surface area contributed by atoms with Crippen molar-refractivity contribution in [1.29, 1.82) is 0 Å². The van der Waals surface area contributed by atoms with Gasteiger partial charge in [0.1, 0.15) is 0 Å². The van der Waals surface area contributed by atoms with Crippen molar-refractivity contribution in [3.8, 4) is 0 Å². The van der Waals surface area contributed by atoms with Gasteiger partial charge in [0.05, 0.1) is 25.9 Å². The summed E-state index contributed by atoms with van der Waals surface area (Å²) in [5.41, 5.74) is 6.10. The Hall–Kier alpha value is -0.160. The van der Waals surface area contributed by atoms with E-state index in [-0.39, 0.29) is 11.5 Å². The maximum Gasteiger partial charge on any atom is 0.299 e. The highest BCUT2D eigenvalue weighted by Gasteiger charge is 2.53. The van der Waals surface area contributed by atoms with Crippen LogP contribution in [0.25, 0.3) is 0 Å². The molecule has 3 rings (SSSR count). The molecule has 4 heteroatoms. The van der Waals surface area contributed by atoms with Gasteiger partial charge in [-0.3, -0.25) is 0 Å². The smallest absolute Gasteiger partial charge is 0.299 e. The van der Waals surface area contributed by atoms with E-state index in [2.05, 4.69) is 20.8 Å². The number of fused-ring (bicyclic) bond motifs is 3. The van der Waals surface area contributed by atoms with Crippen molar-refractivity contribution in [3.63, 3.8) is 0 Å². The first-order valence-corrected chi connectivity index (χ1v) is 5.63. The maximum atomic E-state index is 6.09. The van der Waals surface area contributed by atoms with Gasteiger partial charge in [0.15, 0.2) is 0 Å². The summed E-state index contributed by atoms with van der Waals surface area (Å²) in [7, 11) is 0. The summed E-state index contributed by atoms with van der Waals surface area (Å²) in [6.07, 6.45) is 0.844. The number of rotatable bonds is 3. The van der Waals surface area contributed by atoms with Gasteiger partial charge >= 0.3 is 0 Å². The normalized spacial score (nSPS) is 42.2. The minimum Gasteiger partial charge on any atom is -0.325 e. The molecule has 0 aliphatic carbocycles. The van der Waals surface area contributed by atoms with Gasteiger partial charge < -0.3 is 19.9 Å². The molecule has 0 aromatic carbocycles. The maximum absolute atomic E-state index is 6.09. The SMILES string of the molecule is CC(C)CC(N)C12OCC(C)(CO1)CO2. The van der Waals surface area contributed by atoms with Crippen LogP contribution in [-0.4, -0.2) is 31.8 Å². The van der Waals surface area contributed by atoms with Crippen LogP contribution in [-0.2, 0) is 14.2 Å². The third kappa shape index (κ3) is 2.04. The fraction of sp³-hybridized carbons (Fsp3) is 1.00. The van der Waals surface area contributed by atoms with E-state index >= 15 is 0 Å². The predicted molar refractivity (Wildman–Crippen MR) is 56.1 cm³/mol. The Morgan fingerprint density at radius 3 is 2.00 bits per heavy atom. The summed E-state index contributed by atoms with van der Waals surface area (Å²) in [5, 5.41) is 0.